The summed E-state index contributed by atoms with van der Waals surface area (Å²) in [6.45, 7) is 2.21. The van der Waals surface area contributed by atoms with Gasteiger partial charge in [0.05, 0.1) is 18.8 Å². The number of carbonyl (C=O) groups excluding carboxylic acids is 3. The van der Waals surface area contributed by atoms with Gasteiger partial charge in [-0.15, -0.1) is 0 Å². The van der Waals surface area contributed by atoms with Crippen LogP contribution in [0.1, 0.15) is 28.7 Å². The Bertz CT molecular complexity index is 714. The van der Waals surface area contributed by atoms with Crippen LogP contribution in [0.25, 0.3) is 0 Å². The van der Waals surface area contributed by atoms with Gasteiger partial charge in [0.2, 0.25) is 0 Å². The van der Waals surface area contributed by atoms with E-state index in [4.69, 9.17) is 10.6 Å². The van der Waals surface area contributed by atoms with Crippen LogP contribution in [-0.4, -0.2) is 63.8 Å². The van der Waals surface area contributed by atoms with Gasteiger partial charge in [-0.25, -0.2) is 9.86 Å². The van der Waals surface area contributed by atoms with E-state index in [0.717, 1.165) is 10.8 Å². The predicted molar refractivity (Wildman–Crippen MR) is 81.6 cm³/mol. The summed E-state index contributed by atoms with van der Waals surface area (Å²) in [4.78, 5) is 43.1. The fourth-order valence-electron chi connectivity index (χ4n) is 3.13. The Kier molecular flexibility index (Phi) is 3.91. The molecule has 0 aromatic carbocycles. The van der Waals surface area contributed by atoms with Crippen molar-refractivity contribution in [1.29, 1.82) is 0 Å². The van der Waals surface area contributed by atoms with E-state index in [1.54, 1.807) is 0 Å². The lowest BCUT2D eigenvalue weighted by atomic mass is 9.99. The first kappa shape index (κ1) is 16.2. The molecule has 1 aromatic heterocycles. The molecule has 3 N–H and O–H groups in total. The van der Waals surface area contributed by atoms with Crippen molar-refractivity contribution in [3.8, 4) is 0 Å². The number of carbonyl (C=O) groups is 3. The number of primary amides is 1. The highest BCUT2D eigenvalue weighted by atomic mass is 16.7. The molecule has 10 heteroatoms. The average molecular weight is 336 g/mol. The molecule has 3 heterocycles. The summed E-state index contributed by atoms with van der Waals surface area (Å²) >= 11 is 0. The Labute approximate surface area is 138 Å². The van der Waals surface area contributed by atoms with Gasteiger partial charge in [-0.05, 0) is 6.92 Å². The van der Waals surface area contributed by atoms with E-state index in [1.165, 1.54) is 23.7 Å². The van der Waals surface area contributed by atoms with E-state index in [0.29, 0.717) is 17.7 Å². The monoisotopic (exact) mass is 336 g/mol. The van der Waals surface area contributed by atoms with E-state index in [2.05, 4.69) is 10.4 Å². The summed E-state index contributed by atoms with van der Waals surface area (Å²) in [5, 5.41) is 8.02. The molecule has 4 amide bonds. The molecule has 0 spiro atoms. The lowest BCUT2D eigenvalue weighted by Gasteiger charge is -2.31. The molecule has 24 heavy (non-hydrogen) atoms. The standard InChI is InChI=1S/C14H20N6O4/c1-7-4-9-8(5-19(7)14(15)23)11-13(22)18(3)24-10(12(21)16-2)6-20(11)17-9/h7,10H,4-6H2,1-3H3,(H2,15,23)(H,16,21). The molecule has 10 nitrogen and oxygen atoms in total. The third-order valence-corrected chi connectivity index (χ3v) is 4.42. The maximum Gasteiger partial charge on any atom is 0.315 e. The zero-order chi connectivity index (χ0) is 17.6. The van der Waals surface area contributed by atoms with E-state index in [1.807, 2.05) is 6.92 Å². The number of nitrogens with one attached hydrogen (secondary N) is 1. The lowest BCUT2D eigenvalue weighted by Crippen LogP contribution is -2.45. The van der Waals surface area contributed by atoms with Gasteiger partial charge in [-0.2, -0.15) is 5.10 Å². The topological polar surface area (TPSA) is 123 Å². The molecule has 0 saturated heterocycles. The molecule has 0 radical (unpaired) electrons. The van der Waals surface area contributed by atoms with Crippen molar-refractivity contribution in [3.05, 3.63) is 17.0 Å². The van der Waals surface area contributed by atoms with Crippen molar-refractivity contribution in [2.24, 2.45) is 5.73 Å². The molecule has 3 rings (SSSR count). The van der Waals surface area contributed by atoms with E-state index in [9.17, 15) is 14.4 Å². The number of hydrogen-bond donors (Lipinski definition) is 2. The van der Waals surface area contributed by atoms with E-state index in [-0.39, 0.29) is 25.0 Å². The van der Waals surface area contributed by atoms with Crippen molar-refractivity contribution < 1.29 is 19.2 Å². The molecule has 0 bridgehead atoms. The minimum absolute atomic E-state index is 0.104. The third-order valence-electron chi connectivity index (χ3n) is 4.42. The Balaban J connectivity index is 2.04. The van der Waals surface area contributed by atoms with Gasteiger partial charge in [0, 0.05) is 32.1 Å². The number of urea groups is 1. The molecule has 2 unspecified atom stereocenters. The maximum absolute atomic E-state index is 12.7. The van der Waals surface area contributed by atoms with Gasteiger partial charge in [0.25, 0.3) is 11.8 Å². The SMILES string of the molecule is CNC(=O)C1Cn2nc3c(c2C(=O)N(C)O1)CN(C(N)=O)C(C)C3. The highest BCUT2D eigenvalue weighted by Gasteiger charge is 2.38. The smallest absolute Gasteiger partial charge is 0.315 e. The van der Waals surface area contributed by atoms with Crippen LogP contribution < -0.4 is 11.1 Å². The number of nitrogens with zero attached hydrogens (tertiary/aromatic N) is 4. The van der Waals surface area contributed by atoms with Crippen LogP contribution in [0.5, 0.6) is 0 Å². The van der Waals surface area contributed by atoms with Crippen LogP contribution in [0.2, 0.25) is 0 Å². The number of hydroxylamine groups is 2. The molecule has 0 saturated carbocycles. The number of rotatable bonds is 1. The number of aromatic nitrogens is 2. The van der Waals surface area contributed by atoms with Gasteiger partial charge in [0.15, 0.2) is 6.10 Å². The summed E-state index contributed by atoms with van der Waals surface area (Å²) in [6, 6.07) is -0.644. The van der Waals surface area contributed by atoms with Crippen LogP contribution in [0.15, 0.2) is 0 Å². The van der Waals surface area contributed by atoms with Crippen molar-refractivity contribution in [2.45, 2.75) is 38.6 Å². The van der Waals surface area contributed by atoms with E-state index < -0.39 is 18.0 Å². The van der Waals surface area contributed by atoms with Crippen LogP contribution in [-0.2, 0) is 29.1 Å². The van der Waals surface area contributed by atoms with Crippen LogP contribution in [0.4, 0.5) is 4.79 Å². The number of hydrogen-bond acceptors (Lipinski definition) is 5. The maximum atomic E-state index is 12.7. The van der Waals surface area contributed by atoms with E-state index >= 15 is 0 Å². The van der Waals surface area contributed by atoms with Gasteiger partial charge < -0.3 is 16.0 Å². The number of likely N-dealkylation sites (N-methyl/N-ethyl adjacent to an activating group) is 1. The second-order valence-electron chi connectivity index (χ2n) is 5.99. The zero-order valence-corrected chi connectivity index (χ0v) is 13.8. The molecular formula is C14H20N6O4. The van der Waals surface area contributed by atoms with Crippen LogP contribution in [0.3, 0.4) is 0 Å². The second-order valence-corrected chi connectivity index (χ2v) is 5.99. The quantitative estimate of drug-likeness (QED) is 0.670. The summed E-state index contributed by atoms with van der Waals surface area (Å²) in [7, 11) is 2.95. The molecular weight excluding hydrogens is 316 g/mol. The second kappa shape index (κ2) is 5.78. The largest absolute Gasteiger partial charge is 0.357 e. The highest BCUT2D eigenvalue weighted by Crippen LogP contribution is 2.28. The van der Waals surface area contributed by atoms with Gasteiger partial charge in [0.1, 0.15) is 5.69 Å². The summed E-state index contributed by atoms with van der Waals surface area (Å²) < 4.78 is 1.49. The third kappa shape index (κ3) is 2.48. The first-order valence-corrected chi connectivity index (χ1v) is 7.64. The van der Waals surface area contributed by atoms with Crippen molar-refractivity contribution >= 4 is 17.8 Å². The first-order valence-electron chi connectivity index (χ1n) is 7.64. The molecule has 1 aromatic rings. The van der Waals surface area contributed by atoms with Gasteiger partial charge in [-0.3, -0.25) is 19.1 Å². The van der Waals surface area contributed by atoms with Crippen molar-refractivity contribution in [1.82, 2.24) is 25.1 Å². The molecule has 2 aliphatic heterocycles. The molecule has 0 fully saturated rings. The average Bonchev–Trinajstić information content (AvgIpc) is 2.82. The normalized spacial score (nSPS) is 23.4. The van der Waals surface area contributed by atoms with Crippen LogP contribution in [0, 0.1) is 0 Å². The summed E-state index contributed by atoms with van der Waals surface area (Å²) in [6.07, 6.45) is -0.364. The fraction of sp³-hybridized carbons (Fsp3) is 0.571. The minimum Gasteiger partial charge on any atom is -0.357 e. The first-order chi connectivity index (χ1) is 11.3. The molecule has 0 aliphatic carbocycles. The Morgan fingerprint density at radius 3 is 2.75 bits per heavy atom. The van der Waals surface area contributed by atoms with Crippen molar-refractivity contribution in [3.63, 3.8) is 0 Å². The minimum atomic E-state index is -0.865. The number of amides is 4. The number of nitrogens with two attached hydrogens (primary N) is 1. The molecule has 2 atom stereocenters. The van der Waals surface area contributed by atoms with Crippen LogP contribution >= 0.6 is 0 Å². The summed E-state index contributed by atoms with van der Waals surface area (Å²) in [5.41, 5.74) is 7.15. The number of fused-ring (bicyclic) bond motifs is 3. The molecule has 2 aliphatic rings. The Morgan fingerprint density at radius 2 is 2.12 bits per heavy atom. The Hall–Kier alpha value is -2.62. The zero-order valence-electron chi connectivity index (χ0n) is 13.8. The predicted octanol–water partition coefficient (Wildman–Crippen LogP) is -1.16. The fourth-order valence-corrected chi connectivity index (χ4v) is 3.13. The van der Waals surface area contributed by atoms with Gasteiger partial charge in [-0.1, -0.05) is 0 Å². The molecule has 130 valence electrons. The summed E-state index contributed by atoms with van der Waals surface area (Å²) in [5.74, 6) is -0.753. The lowest BCUT2D eigenvalue weighted by molar-refractivity contribution is -0.168. The highest BCUT2D eigenvalue weighted by molar-refractivity contribution is 5.94. The van der Waals surface area contributed by atoms with Gasteiger partial charge >= 0.3 is 6.03 Å². The van der Waals surface area contributed by atoms with Crippen molar-refractivity contribution in [2.75, 3.05) is 14.1 Å². The Morgan fingerprint density at radius 1 is 1.42 bits per heavy atom.